The molecular weight excluding hydrogens is 286 g/mol. The number of benzene rings is 1. The van der Waals surface area contributed by atoms with Crippen molar-refractivity contribution in [2.75, 3.05) is 33.3 Å². The normalized spacial score (nSPS) is 17.5. The van der Waals surface area contributed by atoms with Gasteiger partial charge in [0.05, 0.1) is 18.8 Å². The van der Waals surface area contributed by atoms with Crippen LogP contribution in [0, 0.1) is 6.92 Å². The molecule has 0 bridgehead atoms. The van der Waals surface area contributed by atoms with Crippen molar-refractivity contribution in [3.8, 4) is 5.75 Å². The summed E-state index contributed by atoms with van der Waals surface area (Å²) in [7, 11) is 1.70. The van der Waals surface area contributed by atoms with Gasteiger partial charge in [-0.3, -0.25) is 9.88 Å². The molecule has 0 spiro atoms. The summed E-state index contributed by atoms with van der Waals surface area (Å²) in [5, 5.41) is 3.48. The minimum absolute atomic E-state index is 0.195. The van der Waals surface area contributed by atoms with E-state index in [0.717, 1.165) is 43.3 Å². The van der Waals surface area contributed by atoms with Gasteiger partial charge in [-0.05, 0) is 49.7 Å². The maximum absolute atomic E-state index is 5.30. The van der Waals surface area contributed by atoms with Crippen molar-refractivity contribution >= 4 is 0 Å². The molecule has 0 radical (unpaired) electrons. The molecule has 23 heavy (non-hydrogen) atoms. The molecule has 1 aliphatic rings. The van der Waals surface area contributed by atoms with E-state index >= 15 is 0 Å². The zero-order valence-corrected chi connectivity index (χ0v) is 14.0. The standard InChI is InChI=1S/C19H25N3O/c1-15-5-3-6-18(21-15)19(22-13-4-11-20-12-14-22)16-7-9-17(23-2)10-8-16/h3,5-10,19-20H,4,11-14H2,1-2H3. The number of hydrogen-bond acceptors (Lipinski definition) is 4. The van der Waals surface area contributed by atoms with Gasteiger partial charge in [0, 0.05) is 25.3 Å². The van der Waals surface area contributed by atoms with E-state index in [9.17, 15) is 0 Å². The van der Waals surface area contributed by atoms with Gasteiger partial charge in [0.15, 0.2) is 0 Å². The molecule has 1 aliphatic heterocycles. The molecule has 1 saturated heterocycles. The fourth-order valence-electron chi connectivity index (χ4n) is 3.20. The molecule has 4 nitrogen and oxygen atoms in total. The zero-order chi connectivity index (χ0) is 16.1. The number of nitrogens with one attached hydrogen (secondary N) is 1. The van der Waals surface area contributed by atoms with Crippen LogP contribution in [0.1, 0.15) is 29.4 Å². The maximum Gasteiger partial charge on any atom is 0.118 e. The molecule has 4 heteroatoms. The molecule has 2 aromatic rings. The van der Waals surface area contributed by atoms with E-state index in [1.54, 1.807) is 7.11 Å². The van der Waals surface area contributed by atoms with Crippen LogP contribution in [0.25, 0.3) is 0 Å². The SMILES string of the molecule is COc1ccc(C(c2cccc(C)n2)N2CCCNCC2)cc1. The monoisotopic (exact) mass is 311 g/mol. The zero-order valence-electron chi connectivity index (χ0n) is 14.0. The van der Waals surface area contributed by atoms with Crippen LogP contribution in [0.3, 0.4) is 0 Å². The van der Waals surface area contributed by atoms with Crippen molar-refractivity contribution in [1.29, 1.82) is 0 Å². The van der Waals surface area contributed by atoms with Crippen LogP contribution in [-0.4, -0.2) is 43.2 Å². The third-order valence-corrected chi connectivity index (χ3v) is 4.36. The third kappa shape index (κ3) is 3.89. The Labute approximate surface area is 138 Å². The molecule has 1 aromatic carbocycles. The first-order chi connectivity index (χ1) is 11.3. The van der Waals surface area contributed by atoms with Crippen LogP contribution < -0.4 is 10.1 Å². The molecule has 1 unspecified atom stereocenters. The fourth-order valence-corrected chi connectivity index (χ4v) is 3.20. The Kier molecular flexibility index (Phi) is 5.26. The van der Waals surface area contributed by atoms with Gasteiger partial charge in [-0.25, -0.2) is 0 Å². The van der Waals surface area contributed by atoms with Crippen LogP contribution in [-0.2, 0) is 0 Å². The molecule has 2 heterocycles. The van der Waals surface area contributed by atoms with Gasteiger partial charge < -0.3 is 10.1 Å². The van der Waals surface area contributed by atoms with Crippen LogP contribution in [0.15, 0.2) is 42.5 Å². The summed E-state index contributed by atoms with van der Waals surface area (Å²) < 4.78 is 5.30. The lowest BCUT2D eigenvalue weighted by Gasteiger charge is -2.30. The minimum Gasteiger partial charge on any atom is -0.497 e. The summed E-state index contributed by atoms with van der Waals surface area (Å²) >= 11 is 0. The number of hydrogen-bond donors (Lipinski definition) is 1. The lowest BCUT2D eigenvalue weighted by molar-refractivity contribution is 0.237. The van der Waals surface area contributed by atoms with E-state index in [1.807, 2.05) is 12.1 Å². The van der Waals surface area contributed by atoms with Crippen molar-refractivity contribution in [3.05, 3.63) is 59.4 Å². The van der Waals surface area contributed by atoms with Gasteiger partial charge in [-0.15, -0.1) is 0 Å². The second-order valence-electron chi connectivity index (χ2n) is 6.02. The van der Waals surface area contributed by atoms with Gasteiger partial charge in [-0.1, -0.05) is 18.2 Å². The van der Waals surface area contributed by atoms with Crippen LogP contribution in [0.2, 0.25) is 0 Å². The van der Waals surface area contributed by atoms with E-state index in [1.165, 1.54) is 12.0 Å². The predicted molar refractivity (Wildman–Crippen MR) is 92.9 cm³/mol. The average molecular weight is 311 g/mol. The predicted octanol–water partition coefficient (Wildman–Crippen LogP) is 2.78. The lowest BCUT2D eigenvalue weighted by Crippen LogP contribution is -2.33. The summed E-state index contributed by atoms with van der Waals surface area (Å²) in [5.41, 5.74) is 3.46. The first-order valence-electron chi connectivity index (χ1n) is 8.30. The fraction of sp³-hybridized carbons (Fsp3) is 0.421. The number of aromatic nitrogens is 1. The van der Waals surface area contributed by atoms with Crippen LogP contribution in [0.4, 0.5) is 0 Å². The summed E-state index contributed by atoms with van der Waals surface area (Å²) in [6.07, 6.45) is 1.17. The van der Waals surface area contributed by atoms with E-state index in [-0.39, 0.29) is 6.04 Å². The Bertz CT molecular complexity index is 619. The average Bonchev–Trinajstić information content (AvgIpc) is 2.85. The largest absolute Gasteiger partial charge is 0.497 e. The Hall–Kier alpha value is -1.91. The number of methoxy groups -OCH3 is 1. The van der Waals surface area contributed by atoms with E-state index in [4.69, 9.17) is 9.72 Å². The second-order valence-corrected chi connectivity index (χ2v) is 6.02. The highest BCUT2D eigenvalue weighted by atomic mass is 16.5. The Balaban J connectivity index is 1.97. The molecule has 0 aliphatic carbocycles. The van der Waals surface area contributed by atoms with Crippen LogP contribution in [0.5, 0.6) is 5.75 Å². The first kappa shape index (κ1) is 16.0. The Morgan fingerprint density at radius 2 is 1.91 bits per heavy atom. The van der Waals surface area contributed by atoms with Gasteiger partial charge in [0.2, 0.25) is 0 Å². The van der Waals surface area contributed by atoms with Crippen molar-refractivity contribution in [2.24, 2.45) is 0 Å². The highest BCUT2D eigenvalue weighted by Gasteiger charge is 2.24. The van der Waals surface area contributed by atoms with E-state index < -0.39 is 0 Å². The van der Waals surface area contributed by atoms with Gasteiger partial charge in [0.25, 0.3) is 0 Å². The van der Waals surface area contributed by atoms with Crippen molar-refractivity contribution in [2.45, 2.75) is 19.4 Å². The number of pyridine rings is 1. The summed E-state index contributed by atoms with van der Waals surface area (Å²) in [6, 6.07) is 14.9. The van der Waals surface area contributed by atoms with Crippen molar-refractivity contribution in [1.82, 2.24) is 15.2 Å². The lowest BCUT2D eigenvalue weighted by atomic mass is 10.0. The van der Waals surface area contributed by atoms with E-state index in [2.05, 4.69) is 47.5 Å². The van der Waals surface area contributed by atoms with Gasteiger partial charge in [0.1, 0.15) is 5.75 Å². The van der Waals surface area contributed by atoms with Crippen molar-refractivity contribution in [3.63, 3.8) is 0 Å². The summed E-state index contributed by atoms with van der Waals surface area (Å²) in [4.78, 5) is 7.34. The number of aryl methyl sites for hydroxylation is 1. The third-order valence-electron chi connectivity index (χ3n) is 4.36. The first-order valence-corrected chi connectivity index (χ1v) is 8.30. The maximum atomic E-state index is 5.30. The van der Waals surface area contributed by atoms with Gasteiger partial charge in [-0.2, -0.15) is 0 Å². The summed E-state index contributed by atoms with van der Waals surface area (Å²) in [6.45, 7) is 6.29. The quantitative estimate of drug-likeness (QED) is 0.942. The highest BCUT2D eigenvalue weighted by molar-refractivity contribution is 5.33. The number of nitrogens with zero attached hydrogens (tertiary/aromatic N) is 2. The highest BCUT2D eigenvalue weighted by Crippen LogP contribution is 2.29. The molecule has 0 amide bonds. The van der Waals surface area contributed by atoms with E-state index in [0.29, 0.717) is 0 Å². The molecule has 1 N–H and O–H groups in total. The molecule has 1 atom stereocenters. The molecule has 0 saturated carbocycles. The molecular formula is C19H25N3O. The smallest absolute Gasteiger partial charge is 0.118 e. The number of rotatable bonds is 4. The summed E-state index contributed by atoms with van der Waals surface area (Å²) in [5.74, 6) is 0.891. The molecule has 122 valence electrons. The van der Waals surface area contributed by atoms with Crippen molar-refractivity contribution < 1.29 is 4.74 Å². The molecule has 3 rings (SSSR count). The minimum atomic E-state index is 0.195. The number of ether oxygens (including phenoxy) is 1. The van der Waals surface area contributed by atoms with Gasteiger partial charge >= 0.3 is 0 Å². The Morgan fingerprint density at radius 3 is 2.65 bits per heavy atom. The topological polar surface area (TPSA) is 37.4 Å². The van der Waals surface area contributed by atoms with Crippen LogP contribution >= 0.6 is 0 Å². The molecule has 1 aromatic heterocycles. The second kappa shape index (κ2) is 7.57. The molecule has 1 fully saturated rings. The Morgan fingerprint density at radius 1 is 1.09 bits per heavy atom.